The molecule has 5 nitrogen and oxygen atoms in total. The molecule has 0 saturated heterocycles. The maximum Gasteiger partial charge on any atom is 0.262 e. The third kappa shape index (κ3) is 5.06. The monoisotopic (exact) mass is 316 g/mol. The normalized spacial score (nSPS) is 10.4. The van der Waals surface area contributed by atoms with E-state index in [1.807, 2.05) is 17.5 Å². The smallest absolute Gasteiger partial charge is 0.262 e. The number of benzene rings is 1. The van der Waals surface area contributed by atoms with E-state index in [1.54, 1.807) is 37.5 Å². The zero-order valence-electron chi connectivity index (χ0n) is 12.0. The van der Waals surface area contributed by atoms with Crippen molar-refractivity contribution in [3.8, 4) is 5.75 Å². The van der Waals surface area contributed by atoms with Gasteiger partial charge in [0, 0.05) is 11.0 Å². The number of amides is 2. The van der Waals surface area contributed by atoms with Gasteiger partial charge in [-0.3, -0.25) is 20.4 Å². The molecule has 2 aromatic rings. The Morgan fingerprint density at radius 1 is 1.18 bits per heavy atom. The second-order valence-corrected chi connectivity index (χ2v) is 5.39. The van der Waals surface area contributed by atoms with Crippen LogP contribution in [0.15, 0.2) is 47.9 Å². The van der Waals surface area contributed by atoms with E-state index in [4.69, 9.17) is 4.74 Å². The number of nitrogens with one attached hydrogen (secondary N) is 2. The Hall–Kier alpha value is -2.60. The van der Waals surface area contributed by atoms with Crippen LogP contribution in [-0.4, -0.2) is 18.9 Å². The molecule has 0 aliphatic carbocycles. The molecule has 1 aromatic heterocycles. The van der Waals surface area contributed by atoms with Crippen molar-refractivity contribution >= 4 is 29.2 Å². The first-order chi connectivity index (χ1) is 10.7. The summed E-state index contributed by atoms with van der Waals surface area (Å²) >= 11 is 1.53. The summed E-state index contributed by atoms with van der Waals surface area (Å²) in [5.74, 6) is 0.0655. The molecule has 2 amide bonds. The molecular weight excluding hydrogens is 300 g/mol. The minimum Gasteiger partial charge on any atom is -0.497 e. The standard InChI is InChI=1S/C16H16N2O3S/c1-21-13-6-4-12(5-7-13)11-16(20)18-17-15(19)9-8-14-3-2-10-22-14/h2-10H,11H2,1H3,(H,17,19)(H,18,20). The van der Waals surface area contributed by atoms with Gasteiger partial charge in [0.1, 0.15) is 5.75 Å². The van der Waals surface area contributed by atoms with E-state index in [0.717, 1.165) is 16.2 Å². The summed E-state index contributed by atoms with van der Waals surface area (Å²) in [7, 11) is 1.58. The SMILES string of the molecule is COc1ccc(CC(=O)NNC(=O)C=Cc2cccs2)cc1. The van der Waals surface area contributed by atoms with E-state index in [1.165, 1.54) is 17.4 Å². The Bertz CT molecular complexity index is 649. The molecule has 0 aliphatic heterocycles. The number of methoxy groups -OCH3 is 1. The van der Waals surface area contributed by atoms with Crippen molar-refractivity contribution in [1.82, 2.24) is 10.9 Å². The quantitative estimate of drug-likeness (QED) is 0.656. The number of carbonyl (C=O) groups excluding carboxylic acids is 2. The number of hydrazine groups is 1. The number of carbonyl (C=O) groups is 2. The maximum atomic E-state index is 11.7. The van der Waals surface area contributed by atoms with Crippen LogP contribution in [0.25, 0.3) is 6.08 Å². The van der Waals surface area contributed by atoms with Crippen molar-refractivity contribution in [2.75, 3.05) is 7.11 Å². The van der Waals surface area contributed by atoms with Crippen molar-refractivity contribution in [2.24, 2.45) is 0 Å². The first-order valence-electron chi connectivity index (χ1n) is 6.60. The zero-order chi connectivity index (χ0) is 15.8. The molecule has 6 heteroatoms. The molecule has 22 heavy (non-hydrogen) atoms. The molecule has 1 heterocycles. The molecule has 0 radical (unpaired) electrons. The van der Waals surface area contributed by atoms with Gasteiger partial charge in [-0.15, -0.1) is 11.3 Å². The van der Waals surface area contributed by atoms with E-state index in [9.17, 15) is 9.59 Å². The van der Waals surface area contributed by atoms with Crippen LogP contribution >= 0.6 is 11.3 Å². The van der Waals surface area contributed by atoms with Crippen molar-refractivity contribution in [2.45, 2.75) is 6.42 Å². The molecule has 0 bridgehead atoms. The molecule has 0 fully saturated rings. The number of ether oxygens (including phenoxy) is 1. The molecule has 2 rings (SSSR count). The Balaban J connectivity index is 1.75. The van der Waals surface area contributed by atoms with E-state index in [2.05, 4.69) is 10.9 Å². The molecule has 0 unspecified atom stereocenters. The van der Waals surface area contributed by atoms with Gasteiger partial charge in [0.25, 0.3) is 5.91 Å². The molecule has 114 valence electrons. The first-order valence-corrected chi connectivity index (χ1v) is 7.48. The van der Waals surface area contributed by atoms with Gasteiger partial charge in [-0.25, -0.2) is 0 Å². The van der Waals surface area contributed by atoms with Gasteiger partial charge >= 0.3 is 0 Å². The molecule has 0 atom stereocenters. The molecule has 1 aromatic carbocycles. The van der Waals surface area contributed by atoms with Crippen LogP contribution in [0.5, 0.6) is 5.75 Å². The van der Waals surface area contributed by atoms with Crippen LogP contribution in [0.3, 0.4) is 0 Å². The fraction of sp³-hybridized carbons (Fsp3) is 0.125. The van der Waals surface area contributed by atoms with Gasteiger partial charge in [0.2, 0.25) is 5.91 Å². The predicted molar refractivity (Wildman–Crippen MR) is 86.3 cm³/mol. The highest BCUT2D eigenvalue weighted by atomic mass is 32.1. The van der Waals surface area contributed by atoms with E-state index < -0.39 is 0 Å². The molecule has 0 aliphatic rings. The zero-order valence-corrected chi connectivity index (χ0v) is 12.9. The van der Waals surface area contributed by atoms with Gasteiger partial charge < -0.3 is 4.74 Å². The summed E-state index contributed by atoms with van der Waals surface area (Å²) in [5.41, 5.74) is 5.55. The molecular formula is C16H16N2O3S. The minimum atomic E-state index is -0.378. The summed E-state index contributed by atoms with van der Waals surface area (Å²) in [4.78, 5) is 24.3. The third-order valence-corrected chi connectivity index (χ3v) is 3.63. The predicted octanol–water partition coefficient (Wildman–Crippen LogP) is 2.16. The van der Waals surface area contributed by atoms with E-state index in [-0.39, 0.29) is 18.2 Å². The minimum absolute atomic E-state index is 0.179. The lowest BCUT2D eigenvalue weighted by atomic mass is 10.1. The number of thiophene rings is 1. The van der Waals surface area contributed by atoms with Crippen molar-refractivity contribution in [3.63, 3.8) is 0 Å². The Kier molecular flexibility index (Phi) is 5.73. The van der Waals surface area contributed by atoms with Crippen molar-refractivity contribution < 1.29 is 14.3 Å². The van der Waals surface area contributed by atoms with E-state index >= 15 is 0 Å². The first kappa shape index (κ1) is 15.8. The third-order valence-electron chi connectivity index (χ3n) is 2.79. The number of hydrogen-bond donors (Lipinski definition) is 2. The van der Waals surface area contributed by atoms with Gasteiger partial charge in [-0.2, -0.15) is 0 Å². The largest absolute Gasteiger partial charge is 0.497 e. The van der Waals surface area contributed by atoms with Crippen LogP contribution in [0.1, 0.15) is 10.4 Å². The Morgan fingerprint density at radius 3 is 2.59 bits per heavy atom. The molecule has 0 spiro atoms. The van der Waals surface area contributed by atoms with Crippen molar-refractivity contribution in [3.05, 3.63) is 58.3 Å². The highest BCUT2D eigenvalue weighted by Gasteiger charge is 2.04. The summed E-state index contributed by atoms with van der Waals surface area (Å²) in [5, 5.41) is 1.92. The van der Waals surface area contributed by atoms with Gasteiger partial charge in [-0.1, -0.05) is 18.2 Å². The lowest BCUT2D eigenvalue weighted by molar-refractivity contribution is -0.126. The highest BCUT2D eigenvalue weighted by molar-refractivity contribution is 7.10. The average Bonchev–Trinajstić information content (AvgIpc) is 3.05. The Labute approximate surface area is 132 Å². The Morgan fingerprint density at radius 2 is 1.95 bits per heavy atom. The average molecular weight is 316 g/mol. The van der Waals surface area contributed by atoms with Gasteiger partial charge in [-0.05, 0) is 35.2 Å². The van der Waals surface area contributed by atoms with Crippen LogP contribution in [0.2, 0.25) is 0 Å². The highest BCUT2D eigenvalue weighted by Crippen LogP contribution is 2.11. The fourth-order valence-corrected chi connectivity index (χ4v) is 2.31. The van der Waals surface area contributed by atoms with Crippen LogP contribution < -0.4 is 15.6 Å². The summed E-state index contributed by atoms with van der Waals surface area (Å²) in [6.45, 7) is 0. The lowest BCUT2D eigenvalue weighted by Crippen LogP contribution is -2.41. The summed E-state index contributed by atoms with van der Waals surface area (Å²) in [6, 6.07) is 11.0. The summed E-state index contributed by atoms with van der Waals surface area (Å²) in [6.07, 6.45) is 3.24. The van der Waals surface area contributed by atoms with Crippen molar-refractivity contribution in [1.29, 1.82) is 0 Å². The maximum absolute atomic E-state index is 11.7. The molecule has 0 saturated carbocycles. The fourth-order valence-electron chi connectivity index (χ4n) is 1.69. The number of hydrogen-bond acceptors (Lipinski definition) is 4. The van der Waals surface area contributed by atoms with Crippen LogP contribution in [0, 0.1) is 0 Å². The summed E-state index contributed by atoms with van der Waals surface area (Å²) < 4.78 is 5.05. The molecule has 2 N–H and O–H groups in total. The lowest BCUT2D eigenvalue weighted by Gasteiger charge is -2.06. The second kappa shape index (κ2) is 7.99. The van der Waals surface area contributed by atoms with Crippen LogP contribution in [-0.2, 0) is 16.0 Å². The van der Waals surface area contributed by atoms with Gasteiger partial charge in [0.15, 0.2) is 0 Å². The second-order valence-electron chi connectivity index (χ2n) is 4.41. The van der Waals surface area contributed by atoms with Gasteiger partial charge in [0.05, 0.1) is 13.5 Å². The van der Waals surface area contributed by atoms with Crippen LogP contribution in [0.4, 0.5) is 0 Å². The topological polar surface area (TPSA) is 67.4 Å². The van der Waals surface area contributed by atoms with E-state index in [0.29, 0.717) is 0 Å². The number of rotatable bonds is 5.